The summed E-state index contributed by atoms with van der Waals surface area (Å²) in [5, 5.41) is 4.34. The Balaban J connectivity index is 1.52. The van der Waals surface area contributed by atoms with E-state index < -0.39 is 21.7 Å². The van der Waals surface area contributed by atoms with Crippen LogP contribution in [0.4, 0.5) is 0 Å². The molecule has 0 radical (unpaired) electrons. The maximum absolute atomic E-state index is 12.9. The molecule has 5 aromatic rings. The van der Waals surface area contributed by atoms with Gasteiger partial charge < -0.3 is 4.57 Å². The SMILES string of the molecule is CCCS(=O)(=O)NC(=O)c1cc(C)c2nc(CC)n(Cc3ccc(-c4ccccc4-c4noc(=O)[nH]4)cc3Cl)c2c1. The fourth-order valence-electron chi connectivity index (χ4n) is 4.84. The molecule has 41 heavy (non-hydrogen) atoms. The predicted molar refractivity (Wildman–Crippen MR) is 157 cm³/mol. The van der Waals surface area contributed by atoms with Gasteiger partial charge in [-0.3, -0.25) is 14.3 Å². The lowest BCUT2D eigenvalue weighted by atomic mass is 9.98. The Kier molecular flexibility index (Phi) is 7.83. The van der Waals surface area contributed by atoms with E-state index in [1.165, 1.54) is 0 Å². The molecule has 2 heterocycles. The van der Waals surface area contributed by atoms with Crippen molar-refractivity contribution >= 4 is 38.6 Å². The Bertz CT molecular complexity index is 1940. The highest BCUT2D eigenvalue weighted by Crippen LogP contribution is 2.33. The van der Waals surface area contributed by atoms with Gasteiger partial charge in [0, 0.05) is 22.6 Å². The molecule has 2 N–H and O–H groups in total. The highest BCUT2D eigenvalue weighted by Gasteiger charge is 2.20. The third-order valence-corrected chi connectivity index (χ3v) is 8.53. The molecule has 1 amide bonds. The molecule has 0 aliphatic rings. The smallest absolute Gasteiger partial charge is 0.323 e. The molecule has 0 bridgehead atoms. The Labute approximate surface area is 241 Å². The number of carbonyl (C=O) groups is 1. The van der Waals surface area contributed by atoms with Gasteiger partial charge in [-0.1, -0.05) is 67.0 Å². The third-order valence-electron chi connectivity index (χ3n) is 6.74. The maximum atomic E-state index is 12.9. The molecule has 12 heteroatoms. The van der Waals surface area contributed by atoms with Crippen LogP contribution < -0.4 is 10.5 Å². The van der Waals surface area contributed by atoms with E-state index in [0.717, 1.165) is 33.6 Å². The first-order valence-electron chi connectivity index (χ1n) is 13.1. The molecule has 0 spiro atoms. The molecule has 0 saturated carbocycles. The molecule has 0 atom stereocenters. The largest absolute Gasteiger partial charge is 0.439 e. The van der Waals surface area contributed by atoms with Gasteiger partial charge in [-0.05, 0) is 53.8 Å². The second kappa shape index (κ2) is 11.3. The van der Waals surface area contributed by atoms with Crippen molar-refractivity contribution in [2.75, 3.05) is 5.75 Å². The van der Waals surface area contributed by atoms with Crippen molar-refractivity contribution in [3.63, 3.8) is 0 Å². The quantitative estimate of drug-likeness (QED) is 0.243. The molecule has 0 fully saturated rings. The van der Waals surface area contributed by atoms with E-state index >= 15 is 0 Å². The van der Waals surface area contributed by atoms with Crippen LogP contribution >= 0.6 is 11.6 Å². The zero-order valence-electron chi connectivity index (χ0n) is 22.7. The van der Waals surface area contributed by atoms with E-state index in [2.05, 4.69) is 19.4 Å². The minimum atomic E-state index is -3.72. The second-order valence-corrected chi connectivity index (χ2v) is 11.9. The number of rotatable bonds is 9. The lowest BCUT2D eigenvalue weighted by molar-refractivity contribution is 0.0981. The number of carbonyl (C=O) groups excluding carboxylic acids is 1. The first-order chi connectivity index (χ1) is 19.6. The zero-order valence-corrected chi connectivity index (χ0v) is 24.3. The molecule has 212 valence electrons. The van der Waals surface area contributed by atoms with Gasteiger partial charge in [-0.25, -0.2) is 22.9 Å². The van der Waals surface area contributed by atoms with Crippen molar-refractivity contribution in [3.05, 3.63) is 92.7 Å². The summed E-state index contributed by atoms with van der Waals surface area (Å²) in [7, 11) is -3.72. The van der Waals surface area contributed by atoms with Gasteiger partial charge in [0.25, 0.3) is 5.91 Å². The summed E-state index contributed by atoms with van der Waals surface area (Å²) < 4.78 is 33.2. The molecule has 2 aromatic heterocycles. The number of hydrogen-bond donors (Lipinski definition) is 2. The number of halogens is 1. The summed E-state index contributed by atoms with van der Waals surface area (Å²) in [6, 6.07) is 16.5. The Hall–Kier alpha value is -4.22. The molecule has 0 unspecified atom stereocenters. The van der Waals surface area contributed by atoms with Gasteiger partial charge in [0.1, 0.15) is 5.82 Å². The molecule has 0 saturated heterocycles. The number of H-pyrrole nitrogens is 1. The highest BCUT2D eigenvalue weighted by molar-refractivity contribution is 7.90. The number of sulfonamides is 1. The second-order valence-electron chi connectivity index (χ2n) is 9.67. The van der Waals surface area contributed by atoms with Gasteiger partial charge in [-0.2, -0.15) is 0 Å². The number of aromatic amines is 1. The molecular weight excluding hydrogens is 566 g/mol. The third kappa shape index (κ3) is 5.82. The van der Waals surface area contributed by atoms with Crippen LogP contribution in [0.5, 0.6) is 0 Å². The number of aryl methyl sites for hydroxylation is 2. The molecule has 10 nitrogen and oxygen atoms in total. The fraction of sp³-hybridized carbons (Fsp3) is 0.241. The monoisotopic (exact) mass is 593 g/mol. The average molecular weight is 594 g/mol. The van der Waals surface area contributed by atoms with Crippen molar-refractivity contribution in [1.82, 2.24) is 24.4 Å². The lowest BCUT2D eigenvalue weighted by Crippen LogP contribution is -2.32. The van der Waals surface area contributed by atoms with E-state index in [1.54, 1.807) is 19.1 Å². The van der Waals surface area contributed by atoms with Crippen LogP contribution in [0.25, 0.3) is 33.5 Å². The number of imidazole rings is 1. The van der Waals surface area contributed by atoms with E-state index in [9.17, 15) is 18.0 Å². The summed E-state index contributed by atoms with van der Waals surface area (Å²) in [5.41, 5.74) is 5.61. The normalized spacial score (nSPS) is 11.7. The number of hydrogen-bond acceptors (Lipinski definition) is 7. The number of aromatic nitrogens is 4. The van der Waals surface area contributed by atoms with E-state index in [4.69, 9.17) is 16.6 Å². The van der Waals surface area contributed by atoms with Crippen molar-refractivity contribution in [2.24, 2.45) is 0 Å². The lowest BCUT2D eigenvalue weighted by Gasteiger charge is -2.13. The van der Waals surface area contributed by atoms with Crippen LogP contribution in [0, 0.1) is 6.92 Å². The number of amides is 1. The number of benzene rings is 3. The Morgan fingerprint density at radius 2 is 1.85 bits per heavy atom. The zero-order chi connectivity index (χ0) is 29.3. The van der Waals surface area contributed by atoms with Crippen molar-refractivity contribution in [2.45, 2.75) is 40.2 Å². The van der Waals surface area contributed by atoms with E-state index in [0.29, 0.717) is 41.3 Å². The van der Waals surface area contributed by atoms with Crippen LogP contribution in [0.2, 0.25) is 5.02 Å². The van der Waals surface area contributed by atoms with Crippen LogP contribution in [0.15, 0.2) is 63.9 Å². The standard InChI is InChI=1S/C29H28ClN5O5S/c1-4-12-41(38,39)34-28(36)20-13-17(3)26-24(15-20)35(25(5-2)31-26)16-19-11-10-18(14-23(19)30)21-8-6-7-9-22(21)27-32-29(37)40-33-27/h6-11,13-15H,4-5,12,16H2,1-3H3,(H,34,36)(H,32,33,37). The van der Waals surface area contributed by atoms with E-state index in [1.807, 2.05) is 60.9 Å². The van der Waals surface area contributed by atoms with Gasteiger partial charge in [-0.15, -0.1) is 0 Å². The topological polar surface area (TPSA) is 140 Å². The van der Waals surface area contributed by atoms with Crippen molar-refractivity contribution < 1.29 is 17.7 Å². The summed E-state index contributed by atoms with van der Waals surface area (Å²) >= 11 is 6.80. The summed E-state index contributed by atoms with van der Waals surface area (Å²) in [6.07, 6.45) is 1.04. The molecule has 0 aliphatic heterocycles. The minimum absolute atomic E-state index is 0.132. The van der Waals surface area contributed by atoms with Gasteiger partial charge in [0.2, 0.25) is 10.0 Å². The van der Waals surface area contributed by atoms with E-state index in [-0.39, 0.29) is 11.3 Å². The minimum Gasteiger partial charge on any atom is -0.323 e. The van der Waals surface area contributed by atoms with Crippen LogP contribution in [0.1, 0.15) is 47.6 Å². The first kappa shape index (κ1) is 28.3. The number of nitrogens with zero attached hydrogens (tertiary/aromatic N) is 3. The molecular formula is C29H28ClN5O5S. The Morgan fingerprint density at radius 3 is 2.51 bits per heavy atom. The maximum Gasteiger partial charge on any atom is 0.439 e. The number of fused-ring (bicyclic) bond motifs is 1. The fourth-order valence-corrected chi connectivity index (χ4v) is 6.12. The van der Waals surface area contributed by atoms with Crippen LogP contribution in [-0.2, 0) is 23.0 Å². The first-order valence-corrected chi connectivity index (χ1v) is 15.1. The van der Waals surface area contributed by atoms with Gasteiger partial charge in [0.05, 0.1) is 23.3 Å². The predicted octanol–water partition coefficient (Wildman–Crippen LogP) is 5.09. The van der Waals surface area contributed by atoms with Crippen LogP contribution in [-0.4, -0.2) is 39.8 Å². The highest BCUT2D eigenvalue weighted by atomic mass is 35.5. The van der Waals surface area contributed by atoms with Gasteiger partial charge >= 0.3 is 5.76 Å². The van der Waals surface area contributed by atoms with Crippen molar-refractivity contribution in [3.8, 4) is 22.5 Å². The molecule has 0 aliphatic carbocycles. The van der Waals surface area contributed by atoms with Gasteiger partial charge in [0.15, 0.2) is 5.82 Å². The summed E-state index contributed by atoms with van der Waals surface area (Å²) in [5.74, 6) is -0.321. The summed E-state index contributed by atoms with van der Waals surface area (Å²) in [4.78, 5) is 31.8. The number of nitrogens with one attached hydrogen (secondary N) is 2. The average Bonchev–Trinajstić information content (AvgIpc) is 3.53. The Morgan fingerprint density at radius 1 is 1.10 bits per heavy atom. The van der Waals surface area contributed by atoms with Crippen LogP contribution in [0.3, 0.4) is 0 Å². The van der Waals surface area contributed by atoms with Crippen molar-refractivity contribution in [1.29, 1.82) is 0 Å². The summed E-state index contributed by atoms with van der Waals surface area (Å²) in [6.45, 7) is 5.96. The molecule has 5 rings (SSSR count). The molecule has 3 aromatic carbocycles.